The highest BCUT2D eigenvalue weighted by Gasteiger charge is 2.18. The van der Waals surface area contributed by atoms with E-state index in [9.17, 15) is 0 Å². The van der Waals surface area contributed by atoms with Crippen LogP contribution in [0, 0.1) is 0 Å². The number of hydrogen-bond donors (Lipinski definition) is 0. The lowest BCUT2D eigenvalue weighted by Gasteiger charge is -2.22. The van der Waals surface area contributed by atoms with E-state index in [4.69, 9.17) is 9.16 Å². The Morgan fingerprint density at radius 1 is 0.905 bits per heavy atom. The molecule has 110 valence electrons. The molecule has 0 aliphatic rings. The third-order valence-electron chi connectivity index (χ3n) is 2.89. The van der Waals surface area contributed by atoms with Crippen LogP contribution in [0.25, 0.3) is 11.8 Å². The lowest BCUT2D eigenvalue weighted by atomic mass is 10.1. The zero-order valence-corrected chi connectivity index (χ0v) is 14.1. The van der Waals surface area contributed by atoms with Gasteiger partial charge in [-0.15, -0.1) is 0 Å². The summed E-state index contributed by atoms with van der Waals surface area (Å²) in [4.78, 5) is 0. The number of methoxy groups -OCH3 is 1. The lowest BCUT2D eigenvalue weighted by Crippen LogP contribution is -2.24. The van der Waals surface area contributed by atoms with Crippen LogP contribution in [0.1, 0.15) is 11.1 Å². The molecule has 0 N–H and O–H groups in total. The molecule has 0 fully saturated rings. The second kappa shape index (κ2) is 6.63. The molecular weight excluding hydrogens is 276 g/mol. The molecule has 0 aliphatic heterocycles. The highest BCUT2D eigenvalue weighted by atomic mass is 28.4. The molecule has 0 bridgehead atoms. The van der Waals surface area contributed by atoms with Crippen molar-refractivity contribution in [3.05, 3.63) is 65.7 Å². The number of benzene rings is 2. The van der Waals surface area contributed by atoms with Crippen molar-refractivity contribution in [3.8, 4) is 5.75 Å². The van der Waals surface area contributed by atoms with Crippen LogP contribution in [-0.4, -0.2) is 15.4 Å². The largest absolute Gasteiger partial charge is 0.544 e. The maximum atomic E-state index is 6.26. The summed E-state index contributed by atoms with van der Waals surface area (Å²) in [7, 11) is -0.00348. The zero-order valence-electron chi connectivity index (χ0n) is 13.1. The average Bonchev–Trinajstić information content (AvgIpc) is 2.46. The Balaban J connectivity index is 2.37. The molecule has 3 heteroatoms. The van der Waals surface area contributed by atoms with Crippen molar-refractivity contribution < 1.29 is 9.16 Å². The predicted molar refractivity (Wildman–Crippen MR) is 91.7 cm³/mol. The van der Waals surface area contributed by atoms with E-state index in [0.717, 1.165) is 22.6 Å². The van der Waals surface area contributed by atoms with E-state index < -0.39 is 8.32 Å². The molecule has 0 saturated carbocycles. The quantitative estimate of drug-likeness (QED) is 0.437. The van der Waals surface area contributed by atoms with E-state index >= 15 is 0 Å². The van der Waals surface area contributed by atoms with Gasteiger partial charge >= 0.3 is 0 Å². The van der Waals surface area contributed by atoms with Gasteiger partial charge in [-0.2, -0.15) is 0 Å². The molecule has 0 aromatic heterocycles. The highest BCUT2D eigenvalue weighted by Crippen LogP contribution is 2.25. The minimum Gasteiger partial charge on any atom is -0.544 e. The van der Waals surface area contributed by atoms with E-state index in [1.54, 1.807) is 7.11 Å². The van der Waals surface area contributed by atoms with Crippen molar-refractivity contribution in [2.75, 3.05) is 7.11 Å². The van der Waals surface area contributed by atoms with Crippen LogP contribution in [0.15, 0.2) is 54.6 Å². The SMILES string of the molecule is COc1ccc(C(=Cc2ccccc2)O[Si](C)(C)C)cc1. The van der Waals surface area contributed by atoms with Gasteiger partial charge in [-0.05, 0) is 55.5 Å². The fourth-order valence-corrected chi connectivity index (χ4v) is 2.79. The number of rotatable bonds is 5. The van der Waals surface area contributed by atoms with Crippen LogP contribution in [-0.2, 0) is 4.43 Å². The Bertz CT molecular complexity index is 595. The molecular formula is C18H22O2Si. The third kappa shape index (κ3) is 4.79. The fourth-order valence-electron chi connectivity index (χ4n) is 1.96. The molecule has 0 heterocycles. The summed E-state index contributed by atoms with van der Waals surface area (Å²) in [6.07, 6.45) is 2.10. The molecule has 0 aliphatic carbocycles. The molecule has 0 saturated heterocycles. The summed E-state index contributed by atoms with van der Waals surface area (Å²) in [6.45, 7) is 6.57. The van der Waals surface area contributed by atoms with Gasteiger partial charge in [0.15, 0.2) is 0 Å². The fraction of sp³-hybridized carbons (Fsp3) is 0.222. The second-order valence-electron chi connectivity index (χ2n) is 5.86. The molecule has 0 unspecified atom stereocenters. The summed E-state index contributed by atoms with van der Waals surface area (Å²) < 4.78 is 11.5. The first-order valence-electron chi connectivity index (χ1n) is 7.08. The van der Waals surface area contributed by atoms with Crippen molar-refractivity contribution >= 4 is 20.2 Å². The maximum Gasteiger partial charge on any atom is 0.242 e. The minimum atomic E-state index is -1.68. The van der Waals surface area contributed by atoms with Gasteiger partial charge in [0.1, 0.15) is 11.5 Å². The second-order valence-corrected chi connectivity index (χ2v) is 10.3. The molecule has 21 heavy (non-hydrogen) atoms. The minimum absolute atomic E-state index is 0.853. The molecule has 0 atom stereocenters. The van der Waals surface area contributed by atoms with Crippen LogP contribution in [0.3, 0.4) is 0 Å². The van der Waals surface area contributed by atoms with E-state index in [-0.39, 0.29) is 0 Å². The topological polar surface area (TPSA) is 18.5 Å². The normalized spacial score (nSPS) is 12.1. The van der Waals surface area contributed by atoms with Crippen LogP contribution in [0.2, 0.25) is 19.6 Å². The van der Waals surface area contributed by atoms with E-state index in [1.165, 1.54) is 0 Å². The highest BCUT2D eigenvalue weighted by molar-refractivity contribution is 6.70. The van der Waals surface area contributed by atoms with E-state index in [2.05, 4.69) is 37.8 Å². The molecule has 0 radical (unpaired) electrons. The Hall–Kier alpha value is -2.00. The molecule has 2 aromatic carbocycles. The maximum absolute atomic E-state index is 6.26. The standard InChI is InChI=1S/C18H22O2Si/c1-19-17-12-10-16(11-13-17)18(20-21(2,3)4)14-15-8-6-5-7-9-15/h5-14H,1-4H3. The van der Waals surface area contributed by atoms with Gasteiger partial charge < -0.3 is 9.16 Å². The van der Waals surface area contributed by atoms with Crippen LogP contribution >= 0.6 is 0 Å². The lowest BCUT2D eigenvalue weighted by molar-refractivity contribution is 0.414. The summed E-state index contributed by atoms with van der Waals surface area (Å²) >= 11 is 0. The zero-order chi connectivity index (χ0) is 15.3. The summed E-state index contributed by atoms with van der Waals surface area (Å²) in [5, 5.41) is 0. The molecule has 0 amide bonds. The van der Waals surface area contributed by atoms with E-state index in [1.807, 2.05) is 42.5 Å². The van der Waals surface area contributed by atoms with Gasteiger partial charge in [0.25, 0.3) is 0 Å². The monoisotopic (exact) mass is 298 g/mol. The molecule has 2 nitrogen and oxygen atoms in total. The van der Waals surface area contributed by atoms with Gasteiger partial charge in [-0.25, -0.2) is 0 Å². The Morgan fingerprint density at radius 3 is 2.05 bits per heavy atom. The summed E-state index contributed by atoms with van der Waals surface area (Å²) in [5.74, 6) is 1.77. The van der Waals surface area contributed by atoms with E-state index in [0.29, 0.717) is 0 Å². The Labute approximate surface area is 128 Å². The number of ether oxygens (including phenoxy) is 1. The van der Waals surface area contributed by atoms with Gasteiger partial charge in [0.05, 0.1) is 7.11 Å². The van der Waals surface area contributed by atoms with Crippen molar-refractivity contribution in [2.45, 2.75) is 19.6 Å². The molecule has 2 rings (SSSR count). The smallest absolute Gasteiger partial charge is 0.242 e. The number of hydrogen-bond acceptors (Lipinski definition) is 2. The Morgan fingerprint density at radius 2 is 1.52 bits per heavy atom. The van der Waals surface area contributed by atoms with Crippen LogP contribution < -0.4 is 4.74 Å². The van der Waals surface area contributed by atoms with Gasteiger partial charge in [-0.1, -0.05) is 30.3 Å². The van der Waals surface area contributed by atoms with Crippen molar-refractivity contribution in [3.63, 3.8) is 0 Å². The molecule has 2 aromatic rings. The third-order valence-corrected chi connectivity index (χ3v) is 3.72. The van der Waals surface area contributed by atoms with Gasteiger partial charge in [0.2, 0.25) is 8.32 Å². The van der Waals surface area contributed by atoms with Crippen molar-refractivity contribution in [1.82, 2.24) is 0 Å². The Kier molecular flexibility index (Phi) is 4.86. The van der Waals surface area contributed by atoms with Crippen LogP contribution in [0.4, 0.5) is 0 Å². The van der Waals surface area contributed by atoms with Crippen LogP contribution in [0.5, 0.6) is 5.75 Å². The first-order chi connectivity index (χ1) is 9.98. The first kappa shape index (κ1) is 15.4. The average molecular weight is 298 g/mol. The van der Waals surface area contributed by atoms with Crippen molar-refractivity contribution in [2.24, 2.45) is 0 Å². The first-order valence-corrected chi connectivity index (χ1v) is 10.5. The summed E-state index contributed by atoms with van der Waals surface area (Å²) in [5.41, 5.74) is 2.21. The molecule has 0 spiro atoms. The summed E-state index contributed by atoms with van der Waals surface area (Å²) in [6, 6.07) is 18.2. The van der Waals surface area contributed by atoms with Gasteiger partial charge in [0, 0.05) is 5.56 Å². The van der Waals surface area contributed by atoms with Gasteiger partial charge in [-0.3, -0.25) is 0 Å². The van der Waals surface area contributed by atoms with Crippen molar-refractivity contribution in [1.29, 1.82) is 0 Å². The predicted octanol–water partition coefficient (Wildman–Crippen LogP) is 5.04.